The Morgan fingerprint density at radius 3 is 2.35 bits per heavy atom. The first-order valence-corrected chi connectivity index (χ1v) is 8.23. The third-order valence-corrected chi connectivity index (χ3v) is 4.06. The van der Waals surface area contributed by atoms with E-state index in [2.05, 4.69) is 17.2 Å². The summed E-state index contributed by atoms with van der Waals surface area (Å²) in [6, 6.07) is 3.00. The summed E-state index contributed by atoms with van der Waals surface area (Å²) in [7, 11) is 4.59. The van der Waals surface area contributed by atoms with E-state index in [0.29, 0.717) is 39.2 Å². The van der Waals surface area contributed by atoms with E-state index < -0.39 is 12.0 Å². The molecule has 2 rings (SSSR count). The van der Waals surface area contributed by atoms with Crippen molar-refractivity contribution in [2.24, 2.45) is 0 Å². The lowest BCUT2D eigenvalue weighted by Gasteiger charge is -2.30. The standard InChI is InChI=1S/C18H22N2O5S/c1-6-7-25-17(21)14-10(2)19-18(26)20-15(14)11-8-12(22-3)16(24-5)13(9-11)23-4/h6,8-9,15H,1,7H2,2-5H3,(H2,19,20,26)/t15-/m1/s1. The second-order valence-electron chi connectivity index (χ2n) is 5.42. The van der Waals surface area contributed by atoms with Gasteiger partial charge in [0.05, 0.1) is 32.9 Å². The monoisotopic (exact) mass is 378 g/mol. The van der Waals surface area contributed by atoms with Crippen molar-refractivity contribution in [3.8, 4) is 17.2 Å². The first-order chi connectivity index (χ1) is 12.5. The van der Waals surface area contributed by atoms with E-state index in [4.69, 9.17) is 31.2 Å². The van der Waals surface area contributed by atoms with Crippen molar-refractivity contribution >= 4 is 23.3 Å². The van der Waals surface area contributed by atoms with Gasteiger partial charge in [0.25, 0.3) is 0 Å². The third kappa shape index (κ3) is 3.91. The predicted octanol–water partition coefficient (Wildman–Crippen LogP) is 2.23. The smallest absolute Gasteiger partial charge is 0.338 e. The molecule has 0 aromatic heterocycles. The van der Waals surface area contributed by atoms with Gasteiger partial charge in [0.15, 0.2) is 16.6 Å². The van der Waals surface area contributed by atoms with Crippen molar-refractivity contribution in [2.45, 2.75) is 13.0 Å². The van der Waals surface area contributed by atoms with E-state index in [1.54, 1.807) is 19.1 Å². The number of hydrogen-bond donors (Lipinski definition) is 2. The highest BCUT2D eigenvalue weighted by Crippen LogP contribution is 2.41. The molecule has 1 aliphatic rings. The number of benzene rings is 1. The molecular formula is C18H22N2O5S. The SMILES string of the molecule is C=CCOC(=O)C1=C(C)NC(=S)N[C@@H]1c1cc(OC)c(OC)c(OC)c1. The number of ether oxygens (including phenoxy) is 4. The molecule has 1 aliphatic heterocycles. The highest BCUT2D eigenvalue weighted by molar-refractivity contribution is 7.80. The predicted molar refractivity (Wildman–Crippen MR) is 102 cm³/mol. The zero-order valence-electron chi connectivity index (χ0n) is 15.2. The van der Waals surface area contributed by atoms with E-state index in [1.807, 2.05) is 0 Å². The Kier molecular flexibility index (Phi) is 6.46. The van der Waals surface area contributed by atoms with Crippen molar-refractivity contribution in [1.82, 2.24) is 10.6 Å². The number of carbonyl (C=O) groups is 1. The molecule has 26 heavy (non-hydrogen) atoms. The summed E-state index contributed by atoms with van der Waals surface area (Å²) in [6.45, 7) is 5.44. The topological polar surface area (TPSA) is 78.1 Å². The first kappa shape index (κ1) is 19.6. The van der Waals surface area contributed by atoms with Gasteiger partial charge < -0.3 is 29.6 Å². The average molecular weight is 378 g/mol. The Morgan fingerprint density at radius 2 is 1.85 bits per heavy atom. The minimum Gasteiger partial charge on any atom is -0.493 e. The Bertz CT molecular complexity index is 735. The summed E-state index contributed by atoms with van der Waals surface area (Å²) in [5.74, 6) is 0.949. The molecular weight excluding hydrogens is 356 g/mol. The van der Waals surface area contributed by atoms with Crippen LogP contribution in [0.3, 0.4) is 0 Å². The molecule has 0 saturated heterocycles. The molecule has 0 saturated carbocycles. The van der Waals surface area contributed by atoms with E-state index in [-0.39, 0.29) is 6.61 Å². The number of nitrogens with one attached hydrogen (secondary N) is 2. The quantitative estimate of drug-likeness (QED) is 0.425. The van der Waals surface area contributed by atoms with Crippen LogP contribution in [0.25, 0.3) is 0 Å². The van der Waals surface area contributed by atoms with E-state index in [0.717, 1.165) is 0 Å². The summed E-state index contributed by atoms with van der Waals surface area (Å²) in [4.78, 5) is 12.6. The van der Waals surface area contributed by atoms with Gasteiger partial charge in [0.2, 0.25) is 5.75 Å². The molecule has 8 heteroatoms. The molecule has 1 heterocycles. The highest BCUT2D eigenvalue weighted by atomic mass is 32.1. The van der Waals surface area contributed by atoms with Crippen LogP contribution in [0.5, 0.6) is 17.2 Å². The molecule has 1 atom stereocenters. The van der Waals surface area contributed by atoms with Crippen LogP contribution in [-0.2, 0) is 9.53 Å². The molecule has 0 aliphatic carbocycles. The Hall–Kier alpha value is -2.74. The van der Waals surface area contributed by atoms with Gasteiger partial charge in [-0.15, -0.1) is 0 Å². The molecule has 0 amide bonds. The zero-order chi connectivity index (χ0) is 19.3. The van der Waals surface area contributed by atoms with Gasteiger partial charge in [-0.25, -0.2) is 4.79 Å². The molecule has 0 bridgehead atoms. The van der Waals surface area contributed by atoms with Crippen LogP contribution in [0.4, 0.5) is 0 Å². The number of carbonyl (C=O) groups excluding carboxylic acids is 1. The van der Waals surface area contributed by atoms with Gasteiger partial charge in [-0.2, -0.15) is 0 Å². The number of thiocarbonyl (C=S) groups is 1. The van der Waals surface area contributed by atoms with Crippen molar-refractivity contribution < 1.29 is 23.7 Å². The van der Waals surface area contributed by atoms with Crippen molar-refractivity contribution in [2.75, 3.05) is 27.9 Å². The van der Waals surface area contributed by atoms with Gasteiger partial charge in [-0.1, -0.05) is 12.7 Å². The van der Waals surface area contributed by atoms with E-state index in [1.165, 1.54) is 27.4 Å². The largest absolute Gasteiger partial charge is 0.493 e. The molecule has 140 valence electrons. The van der Waals surface area contributed by atoms with E-state index in [9.17, 15) is 4.79 Å². The third-order valence-electron chi connectivity index (χ3n) is 3.84. The fraction of sp³-hybridized carbons (Fsp3) is 0.333. The summed E-state index contributed by atoms with van der Waals surface area (Å²) >= 11 is 5.25. The number of hydrogen-bond acceptors (Lipinski definition) is 6. The second-order valence-corrected chi connectivity index (χ2v) is 5.82. The van der Waals surface area contributed by atoms with Crippen molar-refractivity contribution in [3.63, 3.8) is 0 Å². The maximum Gasteiger partial charge on any atom is 0.338 e. The highest BCUT2D eigenvalue weighted by Gasteiger charge is 2.32. The second kappa shape index (κ2) is 8.57. The molecule has 0 unspecified atom stereocenters. The van der Waals surface area contributed by atoms with Crippen LogP contribution >= 0.6 is 12.2 Å². The van der Waals surface area contributed by atoms with Crippen LogP contribution in [0.2, 0.25) is 0 Å². The lowest BCUT2D eigenvalue weighted by molar-refractivity contribution is -0.138. The number of esters is 1. The Balaban J connectivity index is 2.55. The zero-order valence-corrected chi connectivity index (χ0v) is 16.0. The van der Waals surface area contributed by atoms with Gasteiger partial charge in [-0.05, 0) is 36.8 Å². The molecule has 1 aromatic carbocycles. The van der Waals surface area contributed by atoms with Gasteiger partial charge in [0, 0.05) is 5.70 Å². The fourth-order valence-corrected chi connectivity index (χ4v) is 2.97. The molecule has 7 nitrogen and oxygen atoms in total. The minimum atomic E-state index is -0.533. The number of rotatable bonds is 7. The average Bonchev–Trinajstić information content (AvgIpc) is 2.64. The van der Waals surface area contributed by atoms with Crippen LogP contribution in [-0.4, -0.2) is 39.0 Å². The maximum absolute atomic E-state index is 12.6. The van der Waals surface area contributed by atoms with Crippen molar-refractivity contribution in [3.05, 3.63) is 41.6 Å². The van der Waals surface area contributed by atoms with E-state index >= 15 is 0 Å². The first-order valence-electron chi connectivity index (χ1n) is 7.83. The summed E-state index contributed by atoms with van der Waals surface area (Å²) in [5, 5.41) is 6.45. The molecule has 2 N–H and O–H groups in total. The van der Waals surface area contributed by atoms with Gasteiger partial charge >= 0.3 is 5.97 Å². The normalized spacial score (nSPS) is 16.3. The summed E-state index contributed by atoms with van der Waals surface area (Å²) in [5.41, 5.74) is 1.74. The molecule has 1 aromatic rings. The summed E-state index contributed by atoms with van der Waals surface area (Å²) < 4.78 is 21.4. The fourth-order valence-electron chi connectivity index (χ4n) is 2.69. The molecule has 0 radical (unpaired) electrons. The van der Waals surface area contributed by atoms with Gasteiger partial charge in [0.1, 0.15) is 6.61 Å². The maximum atomic E-state index is 12.6. The van der Waals surface area contributed by atoms with Crippen LogP contribution in [0.15, 0.2) is 36.1 Å². The van der Waals surface area contributed by atoms with Crippen LogP contribution < -0.4 is 24.8 Å². The molecule has 0 spiro atoms. The van der Waals surface area contributed by atoms with Crippen LogP contribution in [0, 0.1) is 0 Å². The number of methoxy groups -OCH3 is 3. The lowest BCUT2D eigenvalue weighted by Crippen LogP contribution is -2.45. The van der Waals surface area contributed by atoms with Gasteiger partial charge in [-0.3, -0.25) is 0 Å². The lowest BCUT2D eigenvalue weighted by atomic mass is 9.95. The Labute approximate surface area is 157 Å². The Morgan fingerprint density at radius 1 is 1.23 bits per heavy atom. The van der Waals surface area contributed by atoms with Crippen LogP contribution in [0.1, 0.15) is 18.5 Å². The molecule has 0 fully saturated rings. The minimum absolute atomic E-state index is 0.113. The number of allylic oxidation sites excluding steroid dienone is 1. The summed E-state index contributed by atoms with van der Waals surface area (Å²) in [6.07, 6.45) is 1.51. The van der Waals surface area contributed by atoms with Crippen molar-refractivity contribution in [1.29, 1.82) is 0 Å².